The van der Waals surface area contributed by atoms with Gasteiger partial charge in [-0.05, 0) is 35.0 Å². The average molecular weight is 253 g/mol. The van der Waals surface area contributed by atoms with Crippen molar-refractivity contribution in [1.29, 1.82) is 0 Å². The van der Waals surface area contributed by atoms with Gasteiger partial charge in [0.2, 0.25) is 0 Å². The topological polar surface area (TPSA) is 69.6 Å². The normalized spacial score (nSPS) is 10.8. The van der Waals surface area contributed by atoms with Gasteiger partial charge in [0.15, 0.2) is 5.82 Å². The van der Waals surface area contributed by atoms with Gasteiger partial charge in [0.05, 0.1) is 0 Å². The van der Waals surface area contributed by atoms with Crippen LogP contribution in [0.2, 0.25) is 0 Å². The molecule has 0 saturated heterocycles. The molecule has 0 atom stereocenters. The third-order valence-corrected chi connectivity index (χ3v) is 2.54. The summed E-state index contributed by atoms with van der Waals surface area (Å²) in [6, 6.07) is 3.46. The molecular formula is C11H13F2N5. The monoisotopic (exact) mass is 253 g/mol. The van der Waals surface area contributed by atoms with E-state index in [2.05, 4.69) is 15.5 Å². The van der Waals surface area contributed by atoms with Crippen LogP contribution in [0.15, 0.2) is 18.2 Å². The van der Waals surface area contributed by atoms with Gasteiger partial charge in [0.1, 0.15) is 11.6 Å². The summed E-state index contributed by atoms with van der Waals surface area (Å²) in [5, 5.41) is 11.2. The largest absolute Gasteiger partial charge is 0.330 e. The van der Waals surface area contributed by atoms with Gasteiger partial charge in [-0.2, -0.15) is 0 Å². The Morgan fingerprint density at radius 1 is 1.28 bits per heavy atom. The summed E-state index contributed by atoms with van der Waals surface area (Å²) < 4.78 is 27.8. The fourth-order valence-electron chi connectivity index (χ4n) is 1.60. The predicted molar refractivity (Wildman–Crippen MR) is 60.7 cm³/mol. The van der Waals surface area contributed by atoms with Crippen molar-refractivity contribution >= 4 is 0 Å². The number of aryl methyl sites for hydroxylation is 1. The lowest BCUT2D eigenvalue weighted by molar-refractivity contribution is 0.540. The molecule has 0 aliphatic carbocycles. The first-order valence-corrected chi connectivity index (χ1v) is 5.59. The highest BCUT2D eigenvalue weighted by molar-refractivity contribution is 5.21. The maximum absolute atomic E-state index is 13.5. The van der Waals surface area contributed by atoms with E-state index in [1.165, 1.54) is 12.1 Å². The molecule has 0 unspecified atom stereocenters. The van der Waals surface area contributed by atoms with Crippen LogP contribution in [0.1, 0.15) is 17.8 Å². The van der Waals surface area contributed by atoms with E-state index in [-0.39, 0.29) is 6.42 Å². The number of aromatic nitrogens is 4. The first kappa shape index (κ1) is 12.6. The molecule has 0 fully saturated rings. The molecule has 1 heterocycles. The van der Waals surface area contributed by atoms with E-state index in [0.717, 1.165) is 12.5 Å². The molecule has 2 rings (SSSR count). The van der Waals surface area contributed by atoms with Gasteiger partial charge in [-0.25, -0.2) is 13.5 Å². The quantitative estimate of drug-likeness (QED) is 0.859. The Morgan fingerprint density at radius 3 is 2.83 bits per heavy atom. The first-order valence-electron chi connectivity index (χ1n) is 5.59. The van der Waals surface area contributed by atoms with E-state index in [0.29, 0.717) is 24.5 Å². The molecule has 1 aromatic heterocycles. The van der Waals surface area contributed by atoms with E-state index in [1.807, 2.05) is 0 Å². The van der Waals surface area contributed by atoms with Crippen molar-refractivity contribution in [3.8, 4) is 0 Å². The molecule has 0 amide bonds. The zero-order valence-electron chi connectivity index (χ0n) is 9.68. The molecule has 18 heavy (non-hydrogen) atoms. The van der Waals surface area contributed by atoms with Crippen LogP contribution in [0.3, 0.4) is 0 Å². The number of benzene rings is 1. The summed E-state index contributed by atoms with van der Waals surface area (Å²) in [4.78, 5) is 0. The molecule has 7 heteroatoms. The second kappa shape index (κ2) is 5.63. The minimum absolute atomic E-state index is 0.226. The molecule has 0 aliphatic rings. The molecule has 96 valence electrons. The second-order valence-electron chi connectivity index (χ2n) is 3.87. The van der Waals surface area contributed by atoms with Crippen LogP contribution >= 0.6 is 0 Å². The van der Waals surface area contributed by atoms with Crippen molar-refractivity contribution in [2.24, 2.45) is 5.73 Å². The zero-order valence-corrected chi connectivity index (χ0v) is 9.68. The summed E-state index contributed by atoms with van der Waals surface area (Å²) in [7, 11) is 0. The Kier molecular flexibility index (Phi) is 3.93. The third-order valence-electron chi connectivity index (χ3n) is 2.54. The maximum Gasteiger partial charge on any atom is 0.155 e. The van der Waals surface area contributed by atoms with E-state index >= 15 is 0 Å². The van der Waals surface area contributed by atoms with E-state index in [1.54, 1.807) is 4.68 Å². The lowest BCUT2D eigenvalue weighted by Crippen LogP contribution is -2.11. The first-order chi connectivity index (χ1) is 8.70. The lowest BCUT2D eigenvalue weighted by atomic mass is 10.1. The van der Waals surface area contributed by atoms with Crippen molar-refractivity contribution in [2.75, 3.05) is 6.54 Å². The van der Waals surface area contributed by atoms with Crippen LogP contribution in [0.5, 0.6) is 0 Å². The van der Waals surface area contributed by atoms with Crippen LogP contribution in [0.25, 0.3) is 0 Å². The van der Waals surface area contributed by atoms with Crippen molar-refractivity contribution in [2.45, 2.75) is 19.4 Å². The smallest absolute Gasteiger partial charge is 0.155 e. The summed E-state index contributed by atoms with van der Waals surface area (Å²) in [6.07, 6.45) is 0.966. The van der Waals surface area contributed by atoms with E-state index in [4.69, 9.17) is 5.73 Å². The number of rotatable bonds is 5. The number of nitrogens with zero attached hydrogens (tertiary/aromatic N) is 4. The third kappa shape index (κ3) is 2.86. The van der Waals surface area contributed by atoms with Gasteiger partial charge < -0.3 is 5.73 Å². The lowest BCUT2D eigenvalue weighted by Gasteiger charge is -2.04. The zero-order chi connectivity index (χ0) is 13.0. The van der Waals surface area contributed by atoms with E-state index < -0.39 is 11.6 Å². The molecular weight excluding hydrogens is 240 g/mol. The van der Waals surface area contributed by atoms with Crippen molar-refractivity contribution in [3.63, 3.8) is 0 Å². The minimum Gasteiger partial charge on any atom is -0.330 e. The molecule has 0 bridgehead atoms. The van der Waals surface area contributed by atoms with Crippen LogP contribution in [-0.4, -0.2) is 26.8 Å². The molecule has 0 spiro atoms. The molecule has 0 aliphatic heterocycles. The molecule has 0 radical (unpaired) electrons. The van der Waals surface area contributed by atoms with Crippen molar-refractivity contribution in [3.05, 3.63) is 41.2 Å². The van der Waals surface area contributed by atoms with Crippen LogP contribution < -0.4 is 5.73 Å². The van der Waals surface area contributed by atoms with Crippen molar-refractivity contribution < 1.29 is 8.78 Å². The van der Waals surface area contributed by atoms with Gasteiger partial charge in [0, 0.05) is 19.0 Å². The number of nitrogens with two attached hydrogens (primary N) is 1. The van der Waals surface area contributed by atoms with Crippen LogP contribution in [0.4, 0.5) is 8.78 Å². The minimum atomic E-state index is -0.598. The number of tetrazole rings is 1. The Balaban J connectivity index is 2.15. The van der Waals surface area contributed by atoms with Crippen molar-refractivity contribution in [1.82, 2.24) is 20.2 Å². The number of hydrogen-bond donors (Lipinski definition) is 1. The van der Waals surface area contributed by atoms with E-state index in [9.17, 15) is 8.78 Å². The standard InChI is InChI=1S/C11H13F2N5/c12-9-3-2-8(10(13)7-9)6-11-15-16-17-18(11)5-1-4-14/h2-3,7H,1,4-6,14H2. The summed E-state index contributed by atoms with van der Waals surface area (Å²) in [5.41, 5.74) is 5.77. The summed E-state index contributed by atoms with van der Waals surface area (Å²) in [5.74, 6) is -0.656. The van der Waals surface area contributed by atoms with Crippen LogP contribution in [-0.2, 0) is 13.0 Å². The summed E-state index contributed by atoms with van der Waals surface area (Å²) in [6.45, 7) is 1.12. The van der Waals surface area contributed by atoms with Gasteiger partial charge in [-0.15, -0.1) is 5.10 Å². The van der Waals surface area contributed by atoms with Crippen LogP contribution in [0, 0.1) is 11.6 Å². The van der Waals surface area contributed by atoms with Gasteiger partial charge in [-0.3, -0.25) is 0 Å². The summed E-state index contributed by atoms with van der Waals surface area (Å²) >= 11 is 0. The highest BCUT2D eigenvalue weighted by atomic mass is 19.1. The Labute approximate surface area is 103 Å². The highest BCUT2D eigenvalue weighted by Crippen LogP contribution is 2.13. The number of halogens is 2. The highest BCUT2D eigenvalue weighted by Gasteiger charge is 2.10. The van der Waals surface area contributed by atoms with Gasteiger partial charge in [0.25, 0.3) is 0 Å². The fourth-order valence-corrected chi connectivity index (χ4v) is 1.60. The molecule has 5 nitrogen and oxygen atoms in total. The number of hydrogen-bond acceptors (Lipinski definition) is 4. The molecule has 0 saturated carbocycles. The Bertz CT molecular complexity index is 526. The second-order valence-corrected chi connectivity index (χ2v) is 3.87. The fraction of sp³-hybridized carbons (Fsp3) is 0.364. The average Bonchev–Trinajstić information content (AvgIpc) is 2.77. The Morgan fingerprint density at radius 2 is 2.11 bits per heavy atom. The molecule has 2 aromatic rings. The van der Waals surface area contributed by atoms with Gasteiger partial charge in [-0.1, -0.05) is 6.07 Å². The Hall–Kier alpha value is -1.89. The predicted octanol–water partition coefficient (Wildman–Crippen LogP) is 0.891. The van der Waals surface area contributed by atoms with Gasteiger partial charge >= 0.3 is 0 Å². The maximum atomic E-state index is 13.5. The molecule has 2 N–H and O–H groups in total. The molecule has 1 aromatic carbocycles. The SMILES string of the molecule is NCCCn1nnnc1Cc1ccc(F)cc1F.